The van der Waals surface area contributed by atoms with Gasteiger partial charge in [0.15, 0.2) is 0 Å². The highest BCUT2D eigenvalue weighted by Gasteiger charge is 2.40. The first-order valence-electron chi connectivity index (χ1n) is 9.72. The molecule has 0 unspecified atom stereocenters. The van der Waals surface area contributed by atoms with E-state index in [-0.39, 0.29) is 11.8 Å². The van der Waals surface area contributed by atoms with Crippen LogP contribution in [-0.2, 0) is 20.9 Å². The van der Waals surface area contributed by atoms with E-state index >= 15 is 0 Å². The molecule has 1 aliphatic heterocycles. The predicted octanol–water partition coefficient (Wildman–Crippen LogP) is 3.98. The van der Waals surface area contributed by atoms with Crippen LogP contribution in [0.2, 0.25) is 5.02 Å². The summed E-state index contributed by atoms with van der Waals surface area (Å²) in [7, 11) is 1.84. The average molecular weight is 413 g/mol. The minimum absolute atomic E-state index is 0.269. The Morgan fingerprint density at radius 2 is 1.69 bits per heavy atom. The van der Waals surface area contributed by atoms with Crippen molar-refractivity contribution in [1.29, 1.82) is 0 Å². The van der Waals surface area contributed by atoms with Gasteiger partial charge in [-0.3, -0.25) is 14.5 Å². The second kappa shape index (κ2) is 9.72. The summed E-state index contributed by atoms with van der Waals surface area (Å²) < 4.78 is 5.35. The maximum atomic E-state index is 13.2. The summed E-state index contributed by atoms with van der Waals surface area (Å²) >= 11 is 6.01. The first-order chi connectivity index (χ1) is 14.0. The van der Waals surface area contributed by atoms with Crippen molar-refractivity contribution in [1.82, 2.24) is 9.80 Å². The summed E-state index contributed by atoms with van der Waals surface area (Å²) in [6, 6.07) is 16.9. The van der Waals surface area contributed by atoms with Gasteiger partial charge >= 0.3 is 0 Å². The van der Waals surface area contributed by atoms with Gasteiger partial charge in [-0.25, -0.2) is 0 Å². The fourth-order valence-electron chi connectivity index (χ4n) is 3.40. The van der Waals surface area contributed by atoms with Gasteiger partial charge in [0.2, 0.25) is 0 Å². The molecule has 0 saturated carbocycles. The number of benzene rings is 2. The van der Waals surface area contributed by atoms with E-state index in [0.717, 1.165) is 5.56 Å². The lowest BCUT2D eigenvalue weighted by Crippen LogP contribution is -2.35. The first kappa shape index (κ1) is 21.1. The molecule has 29 heavy (non-hydrogen) atoms. The smallest absolute Gasteiger partial charge is 0.277 e. The molecule has 0 radical (unpaired) electrons. The van der Waals surface area contributed by atoms with E-state index in [0.29, 0.717) is 54.6 Å². The third-order valence-corrected chi connectivity index (χ3v) is 5.05. The van der Waals surface area contributed by atoms with E-state index in [9.17, 15) is 9.59 Å². The van der Waals surface area contributed by atoms with Gasteiger partial charge in [-0.2, -0.15) is 0 Å². The molecule has 0 saturated heterocycles. The van der Waals surface area contributed by atoms with Gasteiger partial charge in [0.05, 0.1) is 5.57 Å². The molecule has 2 aromatic carbocycles. The van der Waals surface area contributed by atoms with Gasteiger partial charge in [0.25, 0.3) is 11.8 Å². The number of carbonyl (C=O) groups is 2. The lowest BCUT2D eigenvalue weighted by Gasteiger charge is -2.21. The molecule has 2 aromatic rings. The molecule has 1 heterocycles. The Hall–Kier alpha value is -2.63. The Kier molecular flexibility index (Phi) is 7.07. The van der Waals surface area contributed by atoms with E-state index in [1.807, 2.05) is 49.2 Å². The number of halogens is 1. The van der Waals surface area contributed by atoms with E-state index in [1.54, 1.807) is 24.3 Å². The Labute approximate surface area is 176 Å². The highest BCUT2D eigenvalue weighted by Crippen LogP contribution is 2.32. The van der Waals surface area contributed by atoms with Gasteiger partial charge in [0, 0.05) is 38.4 Å². The second-order valence-electron chi connectivity index (χ2n) is 6.88. The third-order valence-electron chi connectivity index (χ3n) is 4.80. The number of ether oxygens (including phenoxy) is 1. The molecule has 152 valence electrons. The fraction of sp³-hybridized carbons (Fsp3) is 0.304. The fourth-order valence-corrected chi connectivity index (χ4v) is 3.53. The monoisotopic (exact) mass is 412 g/mol. The van der Waals surface area contributed by atoms with Crippen molar-refractivity contribution >= 4 is 29.0 Å². The Morgan fingerprint density at radius 1 is 1.00 bits per heavy atom. The maximum absolute atomic E-state index is 13.2. The van der Waals surface area contributed by atoms with Crippen LogP contribution in [0.15, 0.2) is 60.3 Å². The highest BCUT2D eigenvalue weighted by atomic mass is 35.5. The van der Waals surface area contributed by atoms with Crippen LogP contribution in [0.25, 0.3) is 5.57 Å². The maximum Gasteiger partial charge on any atom is 0.277 e. The zero-order chi connectivity index (χ0) is 20.8. The molecule has 0 aromatic heterocycles. The zero-order valence-electron chi connectivity index (χ0n) is 16.7. The van der Waals surface area contributed by atoms with Crippen molar-refractivity contribution in [2.75, 3.05) is 26.8 Å². The topological polar surface area (TPSA) is 49.9 Å². The molecular weight excluding hydrogens is 388 g/mol. The number of likely N-dealkylation sites (N-methyl/N-ethyl adjacent to an activating group) is 1. The molecule has 0 bridgehead atoms. The van der Waals surface area contributed by atoms with E-state index in [2.05, 4.69) is 0 Å². The number of amides is 2. The van der Waals surface area contributed by atoms with Gasteiger partial charge in [-0.15, -0.1) is 0 Å². The molecule has 0 spiro atoms. The summed E-state index contributed by atoms with van der Waals surface area (Å²) in [6.45, 7) is 3.90. The zero-order valence-corrected chi connectivity index (χ0v) is 17.5. The minimum Gasteiger partial charge on any atom is -0.382 e. The van der Waals surface area contributed by atoms with Crippen LogP contribution in [0.3, 0.4) is 0 Å². The minimum atomic E-state index is -0.274. The van der Waals surface area contributed by atoms with Crippen molar-refractivity contribution < 1.29 is 14.3 Å². The van der Waals surface area contributed by atoms with Crippen molar-refractivity contribution in [3.8, 4) is 0 Å². The Balaban J connectivity index is 1.92. The Morgan fingerprint density at radius 3 is 2.34 bits per heavy atom. The summed E-state index contributed by atoms with van der Waals surface area (Å²) in [4.78, 5) is 29.5. The van der Waals surface area contributed by atoms with E-state index < -0.39 is 0 Å². The first-order valence-corrected chi connectivity index (χ1v) is 10.1. The van der Waals surface area contributed by atoms with Gasteiger partial charge in [-0.05, 0) is 36.6 Å². The molecule has 0 N–H and O–H groups in total. The number of imide groups is 1. The normalized spacial score (nSPS) is 14.1. The van der Waals surface area contributed by atoms with Crippen molar-refractivity contribution in [3.63, 3.8) is 0 Å². The summed E-state index contributed by atoms with van der Waals surface area (Å²) in [5.74, 6) is -0.543. The summed E-state index contributed by atoms with van der Waals surface area (Å²) in [5.41, 5.74) is 2.59. The number of rotatable bonds is 9. The summed E-state index contributed by atoms with van der Waals surface area (Å²) in [5, 5.41) is 0.582. The van der Waals surface area contributed by atoms with Gasteiger partial charge in [-0.1, -0.05) is 54.1 Å². The lowest BCUT2D eigenvalue weighted by molar-refractivity contribution is -0.137. The SMILES string of the molecule is CCOCCCN1C(=O)C(c2ccc(Cl)cc2)=C(N(C)Cc2ccccc2)C1=O. The molecule has 5 nitrogen and oxygen atoms in total. The van der Waals surface area contributed by atoms with Crippen LogP contribution >= 0.6 is 11.6 Å². The predicted molar refractivity (Wildman–Crippen MR) is 114 cm³/mol. The van der Waals surface area contributed by atoms with Gasteiger partial charge in [0.1, 0.15) is 5.70 Å². The number of hydrogen-bond acceptors (Lipinski definition) is 4. The molecule has 3 rings (SSSR count). The van der Waals surface area contributed by atoms with Gasteiger partial charge < -0.3 is 9.64 Å². The molecule has 1 aliphatic rings. The average Bonchev–Trinajstić information content (AvgIpc) is 2.97. The van der Waals surface area contributed by atoms with Crippen LogP contribution in [0.4, 0.5) is 0 Å². The molecule has 6 heteroatoms. The van der Waals surface area contributed by atoms with Crippen molar-refractivity contribution in [2.45, 2.75) is 19.9 Å². The standard InChI is InChI=1S/C23H25ClN2O3/c1-3-29-15-7-14-26-22(27)20(18-10-12-19(24)13-11-18)21(23(26)28)25(2)16-17-8-5-4-6-9-17/h4-6,8-13H,3,7,14-16H2,1-2H3. The van der Waals surface area contributed by atoms with Crippen LogP contribution in [0.1, 0.15) is 24.5 Å². The summed E-state index contributed by atoms with van der Waals surface area (Å²) in [6.07, 6.45) is 0.606. The molecule has 2 amide bonds. The highest BCUT2D eigenvalue weighted by molar-refractivity contribution is 6.36. The third kappa shape index (κ3) is 4.86. The van der Waals surface area contributed by atoms with E-state index in [4.69, 9.17) is 16.3 Å². The molecular formula is C23H25ClN2O3. The van der Waals surface area contributed by atoms with Crippen molar-refractivity contribution in [3.05, 3.63) is 76.4 Å². The number of nitrogens with zero attached hydrogens (tertiary/aromatic N) is 2. The number of carbonyl (C=O) groups excluding carboxylic acids is 2. The quantitative estimate of drug-likeness (QED) is 0.461. The lowest BCUT2D eigenvalue weighted by atomic mass is 10.0. The number of hydrogen-bond donors (Lipinski definition) is 0. The van der Waals surface area contributed by atoms with Crippen LogP contribution in [0, 0.1) is 0 Å². The second-order valence-corrected chi connectivity index (χ2v) is 7.32. The van der Waals surface area contributed by atoms with Crippen LogP contribution < -0.4 is 0 Å². The molecule has 0 fully saturated rings. The van der Waals surface area contributed by atoms with Crippen LogP contribution in [0.5, 0.6) is 0 Å². The van der Waals surface area contributed by atoms with Crippen LogP contribution in [-0.4, -0.2) is 48.4 Å². The Bertz CT molecular complexity index is 894. The van der Waals surface area contributed by atoms with E-state index in [1.165, 1.54) is 4.90 Å². The van der Waals surface area contributed by atoms with Crippen molar-refractivity contribution in [2.24, 2.45) is 0 Å². The largest absolute Gasteiger partial charge is 0.382 e. The molecule has 0 aliphatic carbocycles. The molecule has 0 atom stereocenters.